The minimum atomic E-state index is 0. The molecule has 74 valence electrons. The first-order valence-electron chi connectivity index (χ1n) is 5.36. The summed E-state index contributed by atoms with van der Waals surface area (Å²) in [5.74, 6) is 0. The van der Waals surface area contributed by atoms with Gasteiger partial charge in [0.05, 0.1) is 0 Å². The Morgan fingerprint density at radius 3 is 2.67 bits per heavy atom. The van der Waals surface area contributed by atoms with Gasteiger partial charge in [-0.1, -0.05) is 13.3 Å². The molecule has 0 atom stereocenters. The number of rotatable bonds is 5. The van der Waals surface area contributed by atoms with Crippen molar-refractivity contribution in [3.8, 4) is 0 Å². The van der Waals surface area contributed by atoms with Gasteiger partial charge in [-0.2, -0.15) is 0 Å². The maximum absolute atomic E-state index is 3.36. The molecule has 0 aromatic rings. The Hall–Kier alpha value is -0.0800. The van der Waals surface area contributed by atoms with Gasteiger partial charge in [-0.25, -0.2) is 0 Å². The number of nitrogens with one attached hydrogen (secondary N) is 1. The second-order valence-corrected chi connectivity index (χ2v) is 3.61. The van der Waals surface area contributed by atoms with Crippen LogP contribution in [0.25, 0.3) is 0 Å². The van der Waals surface area contributed by atoms with E-state index >= 15 is 0 Å². The van der Waals surface area contributed by atoms with Crippen molar-refractivity contribution < 1.29 is 1.43 Å². The summed E-state index contributed by atoms with van der Waals surface area (Å²) in [4.78, 5) is 2.60. The average Bonchev–Trinajstić information content (AvgIpc) is 2.14. The van der Waals surface area contributed by atoms with E-state index in [-0.39, 0.29) is 1.43 Å². The van der Waals surface area contributed by atoms with Crippen LogP contribution in [0, 0.1) is 0 Å². The van der Waals surface area contributed by atoms with Gasteiger partial charge in [0, 0.05) is 1.43 Å². The first-order chi connectivity index (χ1) is 5.93. The molecule has 0 aromatic carbocycles. The summed E-state index contributed by atoms with van der Waals surface area (Å²) < 4.78 is 0. The molecule has 0 aliphatic carbocycles. The SMILES string of the molecule is CCNCCCN1CCCCC1.[HH]. The fourth-order valence-electron chi connectivity index (χ4n) is 1.79. The van der Waals surface area contributed by atoms with E-state index in [1.807, 2.05) is 0 Å². The highest BCUT2D eigenvalue weighted by Crippen LogP contribution is 2.08. The van der Waals surface area contributed by atoms with Crippen molar-refractivity contribution in [3.05, 3.63) is 0 Å². The Morgan fingerprint density at radius 2 is 2.00 bits per heavy atom. The highest BCUT2D eigenvalue weighted by atomic mass is 15.1. The lowest BCUT2D eigenvalue weighted by molar-refractivity contribution is 0.226. The smallest absolute Gasteiger partial charge is 0 e. The first-order valence-corrected chi connectivity index (χ1v) is 5.36. The molecule has 0 amide bonds. The molecule has 0 saturated carbocycles. The van der Waals surface area contributed by atoms with E-state index in [9.17, 15) is 0 Å². The molecule has 1 rings (SSSR count). The Balaban J connectivity index is 0.00000144. The van der Waals surface area contributed by atoms with Gasteiger partial charge < -0.3 is 10.2 Å². The molecule has 1 saturated heterocycles. The number of likely N-dealkylation sites (tertiary alicyclic amines) is 1. The molecule has 1 heterocycles. The molecular weight excluding hydrogens is 148 g/mol. The molecule has 0 bridgehead atoms. The highest BCUT2D eigenvalue weighted by Gasteiger charge is 2.08. The van der Waals surface area contributed by atoms with Crippen LogP contribution in [0.1, 0.15) is 34.0 Å². The predicted molar refractivity (Wildman–Crippen MR) is 55.6 cm³/mol. The summed E-state index contributed by atoms with van der Waals surface area (Å²) >= 11 is 0. The van der Waals surface area contributed by atoms with Gasteiger partial charge in [0.15, 0.2) is 0 Å². The zero-order valence-electron chi connectivity index (χ0n) is 8.31. The van der Waals surface area contributed by atoms with Crippen LogP contribution in [0.5, 0.6) is 0 Å². The average molecular weight is 172 g/mol. The summed E-state index contributed by atoms with van der Waals surface area (Å²) in [5.41, 5.74) is 0. The van der Waals surface area contributed by atoms with Crippen LogP contribution >= 0.6 is 0 Å². The van der Waals surface area contributed by atoms with Crippen LogP contribution in [0.2, 0.25) is 0 Å². The van der Waals surface area contributed by atoms with E-state index < -0.39 is 0 Å². The molecular formula is C10H24N2. The molecule has 0 aromatic heterocycles. The van der Waals surface area contributed by atoms with Crippen molar-refractivity contribution in [1.29, 1.82) is 0 Å². The Kier molecular flexibility index (Phi) is 5.37. The molecule has 0 radical (unpaired) electrons. The minimum absolute atomic E-state index is 0. The topological polar surface area (TPSA) is 15.3 Å². The number of piperidine rings is 1. The molecule has 12 heavy (non-hydrogen) atoms. The van der Waals surface area contributed by atoms with Crippen molar-refractivity contribution in [1.82, 2.24) is 10.2 Å². The Morgan fingerprint density at radius 1 is 1.25 bits per heavy atom. The summed E-state index contributed by atoms with van der Waals surface area (Å²) in [6.45, 7) is 8.44. The second kappa shape index (κ2) is 6.44. The quantitative estimate of drug-likeness (QED) is 0.635. The summed E-state index contributed by atoms with van der Waals surface area (Å²) in [7, 11) is 0. The van der Waals surface area contributed by atoms with E-state index in [0.29, 0.717) is 0 Å². The Labute approximate surface area is 77.8 Å². The van der Waals surface area contributed by atoms with Crippen molar-refractivity contribution in [3.63, 3.8) is 0 Å². The number of hydrogen-bond donors (Lipinski definition) is 1. The van der Waals surface area contributed by atoms with Gasteiger partial charge in [0.25, 0.3) is 0 Å². The van der Waals surface area contributed by atoms with Crippen molar-refractivity contribution in [2.24, 2.45) is 0 Å². The maximum Gasteiger partial charge on any atom is 0 e. The second-order valence-electron chi connectivity index (χ2n) is 3.61. The molecule has 1 aliphatic rings. The minimum Gasteiger partial charge on any atom is -0.317 e. The maximum atomic E-state index is 3.36. The number of nitrogens with zero attached hydrogens (tertiary/aromatic N) is 1. The third-order valence-corrected chi connectivity index (χ3v) is 2.53. The molecule has 2 nitrogen and oxygen atoms in total. The molecule has 1 aliphatic heterocycles. The van der Waals surface area contributed by atoms with E-state index in [0.717, 1.165) is 6.54 Å². The fraction of sp³-hybridized carbons (Fsp3) is 1.00. The van der Waals surface area contributed by atoms with Gasteiger partial charge in [-0.15, -0.1) is 0 Å². The Bertz CT molecular complexity index is 103. The van der Waals surface area contributed by atoms with Crippen LogP contribution in [0.3, 0.4) is 0 Å². The summed E-state index contributed by atoms with van der Waals surface area (Å²) in [6, 6.07) is 0. The van der Waals surface area contributed by atoms with Gasteiger partial charge in [-0.3, -0.25) is 0 Å². The lowest BCUT2D eigenvalue weighted by Crippen LogP contribution is -2.32. The lowest BCUT2D eigenvalue weighted by Gasteiger charge is -2.26. The van der Waals surface area contributed by atoms with Crippen LogP contribution in [0.15, 0.2) is 0 Å². The van der Waals surface area contributed by atoms with Crippen molar-refractivity contribution in [2.75, 3.05) is 32.7 Å². The molecule has 0 unspecified atom stereocenters. The van der Waals surface area contributed by atoms with Crippen LogP contribution in [-0.4, -0.2) is 37.6 Å². The molecule has 2 heteroatoms. The van der Waals surface area contributed by atoms with Gasteiger partial charge in [0.2, 0.25) is 0 Å². The standard InChI is InChI=1S/C10H22N2.H2/c1-2-11-7-6-10-12-8-4-3-5-9-12;/h11H,2-10H2,1H3;1H. The van der Waals surface area contributed by atoms with Crippen LogP contribution < -0.4 is 5.32 Å². The fourth-order valence-corrected chi connectivity index (χ4v) is 1.79. The van der Waals surface area contributed by atoms with Crippen molar-refractivity contribution in [2.45, 2.75) is 32.6 Å². The molecule has 1 fully saturated rings. The monoisotopic (exact) mass is 172 g/mol. The zero-order valence-corrected chi connectivity index (χ0v) is 8.31. The first kappa shape index (κ1) is 10.0. The normalized spacial score (nSPS) is 19.8. The van der Waals surface area contributed by atoms with Gasteiger partial charge in [-0.05, 0) is 52.0 Å². The molecule has 0 spiro atoms. The van der Waals surface area contributed by atoms with Crippen molar-refractivity contribution >= 4 is 0 Å². The number of hydrogen-bond acceptors (Lipinski definition) is 2. The van der Waals surface area contributed by atoms with Crippen LogP contribution in [0.4, 0.5) is 0 Å². The third-order valence-electron chi connectivity index (χ3n) is 2.53. The van der Waals surface area contributed by atoms with E-state index in [4.69, 9.17) is 0 Å². The van der Waals surface area contributed by atoms with E-state index in [1.165, 1.54) is 51.9 Å². The van der Waals surface area contributed by atoms with Crippen LogP contribution in [-0.2, 0) is 0 Å². The highest BCUT2D eigenvalue weighted by molar-refractivity contribution is 4.64. The summed E-state index contributed by atoms with van der Waals surface area (Å²) in [6.07, 6.45) is 5.60. The van der Waals surface area contributed by atoms with Gasteiger partial charge in [0.1, 0.15) is 0 Å². The lowest BCUT2D eigenvalue weighted by atomic mass is 10.1. The van der Waals surface area contributed by atoms with Gasteiger partial charge >= 0.3 is 0 Å². The summed E-state index contributed by atoms with van der Waals surface area (Å²) in [5, 5.41) is 3.36. The third kappa shape index (κ3) is 4.07. The largest absolute Gasteiger partial charge is 0.317 e. The van der Waals surface area contributed by atoms with E-state index in [2.05, 4.69) is 17.1 Å². The predicted octanol–water partition coefficient (Wildman–Crippen LogP) is 1.72. The zero-order chi connectivity index (χ0) is 8.65. The molecule has 1 N–H and O–H groups in total. The van der Waals surface area contributed by atoms with E-state index in [1.54, 1.807) is 0 Å².